The maximum atomic E-state index is 4.48. The highest BCUT2D eigenvalue weighted by molar-refractivity contribution is 5.84. The standard InChI is InChI=1S/C12H12N4/c1-16-12(3-5-15-16)10-6-9-7-13-4-2-11(9)14-8-10/h3,5-8H,2,4H2,1H3. The Morgan fingerprint density at radius 3 is 3.12 bits per heavy atom. The molecule has 0 saturated heterocycles. The van der Waals surface area contributed by atoms with Gasteiger partial charge in [0.15, 0.2) is 0 Å². The molecular weight excluding hydrogens is 200 g/mol. The van der Waals surface area contributed by atoms with Gasteiger partial charge in [-0.05, 0) is 12.1 Å². The highest BCUT2D eigenvalue weighted by Crippen LogP contribution is 2.20. The van der Waals surface area contributed by atoms with Crippen molar-refractivity contribution >= 4 is 6.21 Å². The van der Waals surface area contributed by atoms with Gasteiger partial charge in [-0.1, -0.05) is 0 Å². The number of nitrogens with zero attached hydrogens (tertiary/aromatic N) is 4. The van der Waals surface area contributed by atoms with Crippen LogP contribution in [0.3, 0.4) is 0 Å². The molecule has 1 aliphatic rings. The molecule has 0 atom stereocenters. The fourth-order valence-corrected chi connectivity index (χ4v) is 1.96. The lowest BCUT2D eigenvalue weighted by molar-refractivity contribution is 0.775. The van der Waals surface area contributed by atoms with Gasteiger partial charge in [0.05, 0.1) is 11.4 Å². The van der Waals surface area contributed by atoms with Crippen LogP contribution in [0, 0.1) is 0 Å². The summed E-state index contributed by atoms with van der Waals surface area (Å²) in [7, 11) is 1.93. The first-order chi connectivity index (χ1) is 7.84. The summed E-state index contributed by atoms with van der Waals surface area (Å²) in [6.45, 7) is 0.852. The maximum Gasteiger partial charge on any atom is 0.0694 e. The second kappa shape index (κ2) is 3.56. The zero-order valence-electron chi connectivity index (χ0n) is 9.09. The molecule has 0 aliphatic carbocycles. The Hall–Kier alpha value is -1.97. The van der Waals surface area contributed by atoms with E-state index >= 15 is 0 Å². The summed E-state index contributed by atoms with van der Waals surface area (Å²) in [4.78, 5) is 8.76. The maximum absolute atomic E-state index is 4.48. The predicted molar refractivity (Wildman–Crippen MR) is 62.6 cm³/mol. The second-order valence-corrected chi connectivity index (χ2v) is 3.89. The third-order valence-electron chi connectivity index (χ3n) is 2.83. The van der Waals surface area contributed by atoms with Gasteiger partial charge < -0.3 is 0 Å². The molecule has 1 aliphatic heterocycles. The van der Waals surface area contributed by atoms with Crippen molar-refractivity contribution in [1.82, 2.24) is 14.8 Å². The van der Waals surface area contributed by atoms with E-state index in [2.05, 4.69) is 21.1 Å². The van der Waals surface area contributed by atoms with E-state index in [1.54, 1.807) is 6.20 Å². The Labute approximate surface area is 93.7 Å². The summed E-state index contributed by atoms with van der Waals surface area (Å²) >= 11 is 0. The van der Waals surface area contributed by atoms with E-state index in [9.17, 15) is 0 Å². The molecule has 0 bridgehead atoms. The molecule has 4 nitrogen and oxygen atoms in total. The molecule has 0 radical (unpaired) electrons. The first kappa shape index (κ1) is 9.27. The average molecular weight is 212 g/mol. The molecule has 0 aromatic carbocycles. The minimum atomic E-state index is 0.852. The van der Waals surface area contributed by atoms with E-state index in [1.807, 2.05) is 30.2 Å². The van der Waals surface area contributed by atoms with Crippen molar-refractivity contribution in [2.24, 2.45) is 12.0 Å². The molecule has 3 rings (SSSR count). The van der Waals surface area contributed by atoms with E-state index in [0.29, 0.717) is 0 Å². The monoisotopic (exact) mass is 212 g/mol. The van der Waals surface area contributed by atoms with Gasteiger partial charge in [-0.25, -0.2) is 0 Å². The van der Waals surface area contributed by atoms with Crippen LogP contribution in [-0.4, -0.2) is 27.5 Å². The number of aliphatic imine (C=N–C) groups is 1. The summed E-state index contributed by atoms with van der Waals surface area (Å²) in [6, 6.07) is 4.12. The van der Waals surface area contributed by atoms with E-state index < -0.39 is 0 Å². The molecule has 0 N–H and O–H groups in total. The van der Waals surface area contributed by atoms with E-state index in [-0.39, 0.29) is 0 Å². The summed E-state index contributed by atoms with van der Waals surface area (Å²) in [5.74, 6) is 0. The van der Waals surface area contributed by atoms with Gasteiger partial charge in [0, 0.05) is 49.7 Å². The topological polar surface area (TPSA) is 43.1 Å². The fraction of sp³-hybridized carbons (Fsp3) is 0.250. The number of hydrogen-bond donors (Lipinski definition) is 0. The Bertz CT molecular complexity index is 554. The number of fused-ring (bicyclic) bond motifs is 1. The number of pyridine rings is 1. The molecule has 16 heavy (non-hydrogen) atoms. The summed E-state index contributed by atoms with van der Waals surface area (Å²) < 4.78 is 1.85. The number of aryl methyl sites for hydroxylation is 1. The van der Waals surface area contributed by atoms with Crippen molar-refractivity contribution in [2.45, 2.75) is 6.42 Å². The lowest BCUT2D eigenvalue weighted by Gasteiger charge is -2.10. The van der Waals surface area contributed by atoms with Crippen LogP contribution in [0.25, 0.3) is 11.3 Å². The van der Waals surface area contributed by atoms with Gasteiger partial charge in [0.1, 0.15) is 0 Å². The van der Waals surface area contributed by atoms with Crippen LogP contribution < -0.4 is 0 Å². The van der Waals surface area contributed by atoms with Crippen LogP contribution in [-0.2, 0) is 13.5 Å². The first-order valence-corrected chi connectivity index (χ1v) is 5.32. The van der Waals surface area contributed by atoms with Crippen LogP contribution in [0.4, 0.5) is 0 Å². The van der Waals surface area contributed by atoms with Crippen molar-refractivity contribution in [2.75, 3.05) is 6.54 Å². The van der Waals surface area contributed by atoms with Crippen LogP contribution in [0.15, 0.2) is 29.5 Å². The predicted octanol–water partition coefficient (Wildman–Crippen LogP) is 1.46. The Balaban J connectivity index is 2.11. The van der Waals surface area contributed by atoms with Crippen LogP contribution in [0.5, 0.6) is 0 Å². The highest BCUT2D eigenvalue weighted by atomic mass is 15.3. The van der Waals surface area contributed by atoms with Gasteiger partial charge in [-0.3, -0.25) is 14.7 Å². The van der Waals surface area contributed by atoms with E-state index in [0.717, 1.165) is 35.5 Å². The van der Waals surface area contributed by atoms with Gasteiger partial charge in [-0.2, -0.15) is 5.10 Å². The second-order valence-electron chi connectivity index (χ2n) is 3.89. The lowest BCUT2D eigenvalue weighted by atomic mass is 10.1. The van der Waals surface area contributed by atoms with Crippen molar-refractivity contribution in [3.05, 3.63) is 35.8 Å². The average Bonchev–Trinajstić information content (AvgIpc) is 2.75. The third kappa shape index (κ3) is 1.43. The molecule has 0 spiro atoms. The van der Waals surface area contributed by atoms with Crippen molar-refractivity contribution in [3.63, 3.8) is 0 Å². The SMILES string of the molecule is Cn1nccc1-c1cnc2c(c1)C=NCC2. The van der Waals surface area contributed by atoms with Gasteiger partial charge in [-0.15, -0.1) is 0 Å². The molecular formula is C12H12N4. The fourth-order valence-electron chi connectivity index (χ4n) is 1.96. The lowest BCUT2D eigenvalue weighted by Crippen LogP contribution is -2.06. The zero-order chi connectivity index (χ0) is 11.0. The Kier molecular flexibility index (Phi) is 2.06. The molecule has 3 heterocycles. The van der Waals surface area contributed by atoms with E-state index in [4.69, 9.17) is 0 Å². The molecule has 0 unspecified atom stereocenters. The molecule has 0 amide bonds. The summed E-state index contributed by atoms with van der Waals surface area (Å²) in [5.41, 5.74) is 4.44. The summed E-state index contributed by atoms with van der Waals surface area (Å²) in [6.07, 6.45) is 6.56. The summed E-state index contributed by atoms with van der Waals surface area (Å²) in [5, 5.41) is 4.16. The molecule has 80 valence electrons. The quantitative estimate of drug-likeness (QED) is 0.718. The van der Waals surface area contributed by atoms with Crippen LogP contribution >= 0.6 is 0 Å². The van der Waals surface area contributed by atoms with Gasteiger partial charge in [0.25, 0.3) is 0 Å². The van der Waals surface area contributed by atoms with Crippen LogP contribution in [0.2, 0.25) is 0 Å². The number of rotatable bonds is 1. The minimum absolute atomic E-state index is 0.852. The molecule has 2 aromatic rings. The third-order valence-corrected chi connectivity index (χ3v) is 2.83. The molecule has 0 fully saturated rings. The van der Waals surface area contributed by atoms with Gasteiger partial charge >= 0.3 is 0 Å². The normalized spacial score (nSPS) is 13.8. The van der Waals surface area contributed by atoms with E-state index in [1.165, 1.54) is 0 Å². The van der Waals surface area contributed by atoms with Gasteiger partial charge in [0.2, 0.25) is 0 Å². The smallest absolute Gasteiger partial charge is 0.0694 e. The molecule has 0 saturated carbocycles. The highest BCUT2D eigenvalue weighted by Gasteiger charge is 2.09. The molecule has 2 aromatic heterocycles. The minimum Gasteiger partial charge on any atom is -0.292 e. The van der Waals surface area contributed by atoms with Crippen molar-refractivity contribution < 1.29 is 0 Å². The number of hydrogen-bond acceptors (Lipinski definition) is 3. The Morgan fingerprint density at radius 2 is 2.31 bits per heavy atom. The Morgan fingerprint density at radius 1 is 1.38 bits per heavy atom. The van der Waals surface area contributed by atoms with Crippen molar-refractivity contribution in [1.29, 1.82) is 0 Å². The van der Waals surface area contributed by atoms with Crippen LogP contribution in [0.1, 0.15) is 11.3 Å². The number of aromatic nitrogens is 3. The first-order valence-electron chi connectivity index (χ1n) is 5.32. The zero-order valence-corrected chi connectivity index (χ0v) is 9.09. The largest absolute Gasteiger partial charge is 0.292 e. The molecule has 4 heteroatoms. The van der Waals surface area contributed by atoms with Crippen molar-refractivity contribution in [3.8, 4) is 11.3 Å².